The van der Waals surface area contributed by atoms with Crippen LogP contribution in [0.15, 0.2) is 82.8 Å². The van der Waals surface area contributed by atoms with Crippen LogP contribution >= 0.6 is 0 Å². The first-order chi connectivity index (χ1) is 20.9. The monoisotopic (exact) mass is 618 g/mol. The van der Waals surface area contributed by atoms with Crippen LogP contribution in [0.3, 0.4) is 0 Å². The minimum atomic E-state index is -3.68. The van der Waals surface area contributed by atoms with Crippen LogP contribution in [0.5, 0.6) is 0 Å². The summed E-state index contributed by atoms with van der Waals surface area (Å²) in [7, 11) is -3.68. The van der Waals surface area contributed by atoms with Gasteiger partial charge in [-0.2, -0.15) is 8.42 Å². The number of ketones is 1. The summed E-state index contributed by atoms with van der Waals surface area (Å²) < 4.78 is 35.5. The summed E-state index contributed by atoms with van der Waals surface area (Å²) in [6.07, 6.45) is 14.6. The molecule has 6 heteroatoms. The molecular weight excluding hydrogens is 568 g/mol. The third-order valence-corrected chi connectivity index (χ3v) is 9.79. The molecule has 0 heterocycles. The van der Waals surface area contributed by atoms with Gasteiger partial charge >= 0.3 is 0 Å². The lowest BCUT2D eigenvalue weighted by Crippen LogP contribution is -2.14. The van der Waals surface area contributed by atoms with Gasteiger partial charge in [-0.1, -0.05) is 99.5 Å². The van der Waals surface area contributed by atoms with E-state index in [2.05, 4.69) is 76.3 Å². The topological polar surface area (TPSA) is 69.7 Å². The average Bonchev–Trinajstić information content (AvgIpc) is 3.77. The van der Waals surface area contributed by atoms with E-state index in [1.54, 1.807) is 24.3 Å². The standard InChI is InChI=1S/C38H50O5S/c1-28-9-19-35(20-10-28)44(40,41)43-23-8-6-7-22-42-24-21-29(2)31-14-11-30(12-15-31)13-16-32-17-18-33(37-26-36(32)37)25-34(39)27-38(3,4)5/h9-20,29,36-37H,6-8,21-27H2,1-5H3/b16-13+. The number of allylic oxidation sites excluding steroid dienone is 5. The van der Waals surface area contributed by atoms with Crippen molar-refractivity contribution >= 4 is 22.0 Å². The normalized spacial score (nSPS) is 18.9. The van der Waals surface area contributed by atoms with Gasteiger partial charge in [-0.05, 0) is 91.0 Å². The third-order valence-electron chi connectivity index (χ3n) is 8.46. The maximum atomic E-state index is 12.5. The molecule has 1 saturated carbocycles. The van der Waals surface area contributed by atoms with Crippen LogP contribution in [-0.2, 0) is 23.8 Å². The minimum absolute atomic E-state index is 0.0524. The highest BCUT2D eigenvalue weighted by atomic mass is 32.2. The van der Waals surface area contributed by atoms with E-state index < -0.39 is 10.1 Å². The fourth-order valence-electron chi connectivity index (χ4n) is 5.76. The van der Waals surface area contributed by atoms with E-state index in [1.807, 2.05) is 6.92 Å². The number of benzene rings is 2. The molecule has 5 nitrogen and oxygen atoms in total. The molecule has 3 atom stereocenters. The summed E-state index contributed by atoms with van der Waals surface area (Å²) in [4.78, 5) is 12.7. The molecule has 0 amide bonds. The minimum Gasteiger partial charge on any atom is -0.381 e. The second kappa shape index (κ2) is 15.5. The van der Waals surface area contributed by atoms with E-state index in [-0.39, 0.29) is 16.9 Å². The van der Waals surface area contributed by atoms with Crippen molar-refractivity contribution in [3.8, 4) is 0 Å². The van der Waals surface area contributed by atoms with Gasteiger partial charge in [0.25, 0.3) is 10.1 Å². The Morgan fingerprint density at radius 3 is 2.32 bits per heavy atom. The Morgan fingerprint density at radius 2 is 1.61 bits per heavy atom. The lowest BCUT2D eigenvalue weighted by Gasteiger charge is -2.18. The summed E-state index contributed by atoms with van der Waals surface area (Å²) in [5.41, 5.74) is 6.26. The Balaban J connectivity index is 1.10. The number of hydrogen-bond acceptors (Lipinski definition) is 5. The number of unbranched alkanes of at least 4 members (excludes halogenated alkanes) is 2. The Kier molecular flexibility index (Phi) is 12.0. The van der Waals surface area contributed by atoms with Crippen molar-refractivity contribution in [2.24, 2.45) is 17.3 Å². The number of Topliss-reactive ketones (excluding diaryl/α,β-unsaturated/α-hetero) is 1. The predicted molar refractivity (Wildman–Crippen MR) is 179 cm³/mol. The Labute approximate surface area is 265 Å². The second-order valence-corrected chi connectivity index (χ2v) is 15.4. The van der Waals surface area contributed by atoms with Gasteiger partial charge in [0.05, 0.1) is 11.5 Å². The highest BCUT2D eigenvalue weighted by Crippen LogP contribution is 2.52. The molecule has 2 aliphatic carbocycles. The smallest absolute Gasteiger partial charge is 0.296 e. The molecule has 0 N–H and O–H groups in total. The molecule has 0 radical (unpaired) electrons. The van der Waals surface area contributed by atoms with E-state index in [9.17, 15) is 13.2 Å². The van der Waals surface area contributed by atoms with Gasteiger partial charge in [0.2, 0.25) is 0 Å². The molecule has 238 valence electrons. The molecule has 0 saturated heterocycles. The van der Waals surface area contributed by atoms with Crippen molar-refractivity contribution in [3.05, 3.63) is 94.6 Å². The van der Waals surface area contributed by atoms with Gasteiger partial charge in [0.15, 0.2) is 0 Å². The zero-order chi connectivity index (χ0) is 31.7. The van der Waals surface area contributed by atoms with Gasteiger partial charge in [-0.25, -0.2) is 0 Å². The van der Waals surface area contributed by atoms with E-state index in [1.165, 1.54) is 22.3 Å². The Hall–Kier alpha value is -2.80. The number of carbonyl (C=O) groups is 1. The van der Waals surface area contributed by atoms with Crippen molar-refractivity contribution in [2.75, 3.05) is 19.8 Å². The predicted octanol–water partition coefficient (Wildman–Crippen LogP) is 8.99. The second-order valence-electron chi connectivity index (χ2n) is 13.8. The van der Waals surface area contributed by atoms with Crippen LogP contribution in [0.1, 0.15) is 95.2 Å². The largest absolute Gasteiger partial charge is 0.381 e. The van der Waals surface area contributed by atoms with E-state index in [0.717, 1.165) is 31.2 Å². The van der Waals surface area contributed by atoms with E-state index in [4.69, 9.17) is 8.92 Å². The maximum absolute atomic E-state index is 12.5. The Morgan fingerprint density at radius 1 is 0.909 bits per heavy atom. The van der Waals surface area contributed by atoms with Crippen LogP contribution in [0, 0.1) is 24.2 Å². The number of fused-ring (bicyclic) bond motifs is 1. The fraction of sp³-hybridized carbons (Fsp3) is 0.500. The number of carbonyl (C=O) groups excluding carboxylic acids is 1. The molecule has 2 aromatic rings. The zero-order valence-corrected chi connectivity index (χ0v) is 28.0. The Bertz CT molecular complexity index is 1440. The quantitative estimate of drug-likeness (QED) is 0.131. The summed E-state index contributed by atoms with van der Waals surface area (Å²) in [5, 5.41) is 0. The van der Waals surface area contributed by atoms with Crippen molar-refractivity contribution < 1.29 is 22.1 Å². The molecule has 0 bridgehead atoms. The van der Waals surface area contributed by atoms with Crippen LogP contribution < -0.4 is 0 Å². The van der Waals surface area contributed by atoms with E-state index in [0.29, 0.717) is 56.0 Å². The third kappa shape index (κ3) is 10.7. The van der Waals surface area contributed by atoms with Crippen LogP contribution in [0.4, 0.5) is 0 Å². The van der Waals surface area contributed by atoms with Crippen molar-refractivity contribution in [1.82, 2.24) is 0 Å². The summed E-state index contributed by atoms with van der Waals surface area (Å²) in [6, 6.07) is 15.5. The van der Waals surface area contributed by atoms with Gasteiger partial charge in [-0.15, -0.1) is 0 Å². The first-order valence-corrected chi connectivity index (χ1v) is 17.6. The lowest BCUT2D eigenvalue weighted by molar-refractivity contribution is -0.120. The summed E-state index contributed by atoms with van der Waals surface area (Å²) in [6.45, 7) is 12.1. The first-order valence-electron chi connectivity index (χ1n) is 16.2. The van der Waals surface area contributed by atoms with Gasteiger partial charge in [0, 0.05) is 26.1 Å². The summed E-state index contributed by atoms with van der Waals surface area (Å²) in [5.74, 6) is 1.89. The molecule has 44 heavy (non-hydrogen) atoms. The molecule has 1 fully saturated rings. The highest BCUT2D eigenvalue weighted by Gasteiger charge is 2.43. The van der Waals surface area contributed by atoms with E-state index >= 15 is 0 Å². The molecule has 0 spiro atoms. The molecule has 2 aromatic carbocycles. The van der Waals surface area contributed by atoms with Crippen molar-refractivity contribution in [2.45, 2.75) is 90.4 Å². The SMILES string of the molecule is Cc1ccc(S(=O)(=O)OCCCCCOCCC(C)c2ccc(/C=C/C3=CC=C(CC(=O)CC(C)(C)C)C4CC34)cc2)cc1. The molecule has 0 aromatic heterocycles. The number of ether oxygens (including phenoxy) is 1. The van der Waals surface area contributed by atoms with Crippen LogP contribution in [-0.4, -0.2) is 34.0 Å². The molecule has 0 aliphatic heterocycles. The molecule has 2 aliphatic rings. The maximum Gasteiger partial charge on any atom is 0.296 e. The molecular formula is C38H50O5S. The average molecular weight is 619 g/mol. The van der Waals surface area contributed by atoms with Crippen LogP contribution in [0.25, 0.3) is 6.08 Å². The number of rotatable bonds is 17. The van der Waals surface area contributed by atoms with Crippen molar-refractivity contribution in [3.63, 3.8) is 0 Å². The highest BCUT2D eigenvalue weighted by molar-refractivity contribution is 7.86. The summed E-state index contributed by atoms with van der Waals surface area (Å²) >= 11 is 0. The zero-order valence-electron chi connectivity index (χ0n) is 27.2. The fourth-order valence-corrected chi connectivity index (χ4v) is 6.70. The molecule has 4 rings (SSSR count). The number of aryl methyl sites for hydroxylation is 1. The van der Waals surface area contributed by atoms with Gasteiger partial charge in [0.1, 0.15) is 5.78 Å². The van der Waals surface area contributed by atoms with Crippen molar-refractivity contribution in [1.29, 1.82) is 0 Å². The van der Waals surface area contributed by atoms with Crippen LogP contribution in [0.2, 0.25) is 0 Å². The van der Waals surface area contributed by atoms with Gasteiger partial charge in [-0.3, -0.25) is 8.98 Å². The van der Waals surface area contributed by atoms with Gasteiger partial charge < -0.3 is 4.74 Å². The number of hydrogen-bond donors (Lipinski definition) is 0. The molecule has 3 unspecified atom stereocenters. The first kappa shape index (κ1) is 34.1. The lowest BCUT2D eigenvalue weighted by atomic mass is 9.86.